The molecule has 0 saturated carbocycles. The quantitative estimate of drug-likeness (QED) is 0.852. The van der Waals surface area contributed by atoms with Crippen LogP contribution < -0.4 is 4.90 Å². The standard InChI is InChI=1S/C15H9F3N2O/c1-20(13-5-3-2-4-9(13)8-19)15(21)14-11(17)6-10(16)7-12(14)18/h2-7H,1H3. The van der Waals surface area contributed by atoms with E-state index in [4.69, 9.17) is 5.26 Å². The summed E-state index contributed by atoms with van der Waals surface area (Å²) in [4.78, 5) is 13.1. The third-order valence-electron chi connectivity index (χ3n) is 2.91. The average Bonchev–Trinajstić information content (AvgIpc) is 2.45. The van der Waals surface area contributed by atoms with Gasteiger partial charge in [-0.25, -0.2) is 13.2 Å². The van der Waals surface area contributed by atoms with Gasteiger partial charge in [0.1, 0.15) is 29.1 Å². The maximum absolute atomic E-state index is 13.6. The Morgan fingerprint density at radius 2 is 1.71 bits per heavy atom. The fraction of sp³-hybridized carbons (Fsp3) is 0.0667. The molecule has 0 spiro atoms. The molecule has 1 amide bonds. The van der Waals surface area contributed by atoms with Crippen LogP contribution in [0, 0.1) is 28.8 Å². The van der Waals surface area contributed by atoms with Crippen molar-refractivity contribution in [3.05, 3.63) is 65.0 Å². The second kappa shape index (κ2) is 5.67. The molecule has 2 aromatic carbocycles. The zero-order valence-electron chi connectivity index (χ0n) is 10.9. The molecule has 3 nitrogen and oxygen atoms in total. The van der Waals surface area contributed by atoms with Gasteiger partial charge in [-0.2, -0.15) is 5.26 Å². The minimum absolute atomic E-state index is 0.177. The highest BCUT2D eigenvalue weighted by atomic mass is 19.1. The van der Waals surface area contributed by atoms with E-state index in [0.29, 0.717) is 12.1 Å². The molecular weight excluding hydrogens is 281 g/mol. The zero-order valence-corrected chi connectivity index (χ0v) is 10.9. The number of amides is 1. The van der Waals surface area contributed by atoms with Crippen molar-refractivity contribution in [1.82, 2.24) is 0 Å². The van der Waals surface area contributed by atoms with Gasteiger partial charge in [-0.15, -0.1) is 0 Å². The van der Waals surface area contributed by atoms with Gasteiger partial charge in [-0.3, -0.25) is 4.79 Å². The van der Waals surface area contributed by atoms with Crippen molar-refractivity contribution < 1.29 is 18.0 Å². The number of carbonyl (C=O) groups is 1. The summed E-state index contributed by atoms with van der Waals surface area (Å²) in [6.45, 7) is 0. The Labute approximate surface area is 118 Å². The summed E-state index contributed by atoms with van der Waals surface area (Å²) >= 11 is 0. The van der Waals surface area contributed by atoms with E-state index in [0.717, 1.165) is 4.90 Å². The summed E-state index contributed by atoms with van der Waals surface area (Å²) in [5, 5.41) is 8.98. The molecular formula is C15H9F3N2O. The second-order valence-electron chi connectivity index (χ2n) is 4.24. The summed E-state index contributed by atoms with van der Waals surface area (Å²) in [7, 11) is 1.28. The lowest BCUT2D eigenvalue weighted by Gasteiger charge is -2.19. The van der Waals surface area contributed by atoms with E-state index in [1.807, 2.05) is 6.07 Å². The molecule has 0 saturated heterocycles. The minimum Gasteiger partial charge on any atom is -0.310 e. The van der Waals surface area contributed by atoms with E-state index < -0.39 is 28.9 Å². The van der Waals surface area contributed by atoms with Gasteiger partial charge in [0.25, 0.3) is 5.91 Å². The lowest BCUT2D eigenvalue weighted by Crippen LogP contribution is -2.29. The minimum atomic E-state index is -1.29. The van der Waals surface area contributed by atoms with Crippen LogP contribution in [0.25, 0.3) is 0 Å². The smallest absolute Gasteiger partial charge is 0.264 e. The third-order valence-corrected chi connectivity index (χ3v) is 2.91. The monoisotopic (exact) mass is 290 g/mol. The van der Waals surface area contributed by atoms with Crippen molar-refractivity contribution in [2.45, 2.75) is 0 Å². The molecule has 0 bridgehead atoms. The van der Waals surface area contributed by atoms with Crippen LogP contribution in [0.4, 0.5) is 18.9 Å². The first-order valence-electron chi connectivity index (χ1n) is 5.87. The summed E-state index contributed by atoms with van der Waals surface area (Å²) in [6.07, 6.45) is 0. The number of hydrogen-bond acceptors (Lipinski definition) is 2. The van der Waals surface area contributed by atoms with Gasteiger partial charge in [0, 0.05) is 19.2 Å². The van der Waals surface area contributed by atoms with E-state index in [9.17, 15) is 18.0 Å². The first-order valence-corrected chi connectivity index (χ1v) is 5.87. The number of benzene rings is 2. The topological polar surface area (TPSA) is 44.1 Å². The number of para-hydroxylation sites is 1. The van der Waals surface area contributed by atoms with Crippen LogP contribution in [0.3, 0.4) is 0 Å². The van der Waals surface area contributed by atoms with Gasteiger partial charge < -0.3 is 4.90 Å². The van der Waals surface area contributed by atoms with Crippen molar-refractivity contribution in [2.75, 3.05) is 11.9 Å². The molecule has 0 N–H and O–H groups in total. The van der Waals surface area contributed by atoms with Gasteiger partial charge in [0.2, 0.25) is 0 Å². The molecule has 0 atom stereocenters. The molecule has 2 rings (SSSR count). The molecule has 0 aliphatic heterocycles. The molecule has 0 unspecified atom stereocenters. The highest BCUT2D eigenvalue weighted by Gasteiger charge is 2.24. The van der Waals surface area contributed by atoms with Gasteiger partial charge in [-0.1, -0.05) is 12.1 Å². The number of halogens is 3. The van der Waals surface area contributed by atoms with Crippen LogP contribution in [0.2, 0.25) is 0 Å². The second-order valence-corrected chi connectivity index (χ2v) is 4.24. The maximum Gasteiger partial charge on any atom is 0.264 e. The number of rotatable bonds is 2. The molecule has 0 aliphatic carbocycles. The first kappa shape index (κ1) is 14.6. The van der Waals surface area contributed by atoms with Crippen molar-refractivity contribution in [3.8, 4) is 6.07 Å². The Morgan fingerprint density at radius 1 is 1.14 bits per heavy atom. The largest absolute Gasteiger partial charge is 0.310 e. The summed E-state index contributed by atoms with van der Waals surface area (Å²) < 4.78 is 40.1. The highest BCUT2D eigenvalue weighted by Crippen LogP contribution is 2.23. The Bertz CT molecular complexity index is 730. The van der Waals surface area contributed by atoms with Gasteiger partial charge >= 0.3 is 0 Å². The van der Waals surface area contributed by atoms with Gasteiger partial charge in [0.15, 0.2) is 0 Å². The Hall–Kier alpha value is -2.81. The first-order chi connectivity index (χ1) is 9.95. The Balaban J connectivity index is 2.48. The maximum atomic E-state index is 13.6. The number of nitriles is 1. The van der Waals surface area contributed by atoms with E-state index in [-0.39, 0.29) is 11.3 Å². The van der Waals surface area contributed by atoms with E-state index in [1.165, 1.54) is 19.2 Å². The van der Waals surface area contributed by atoms with E-state index in [2.05, 4.69) is 0 Å². The van der Waals surface area contributed by atoms with Crippen LogP contribution in [0.15, 0.2) is 36.4 Å². The normalized spacial score (nSPS) is 10.0. The van der Waals surface area contributed by atoms with Crippen LogP contribution in [-0.2, 0) is 0 Å². The molecule has 2 aromatic rings. The van der Waals surface area contributed by atoms with Crippen LogP contribution >= 0.6 is 0 Å². The van der Waals surface area contributed by atoms with E-state index >= 15 is 0 Å². The summed E-state index contributed by atoms with van der Waals surface area (Å²) in [5.41, 5.74) is -0.490. The molecule has 0 fully saturated rings. The number of anilines is 1. The average molecular weight is 290 g/mol. The van der Waals surface area contributed by atoms with Crippen LogP contribution in [0.5, 0.6) is 0 Å². The van der Waals surface area contributed by atoms with Crippen LogP contribution in [0.1, 0.15) is 15.9 Å². The fourth-order valence-corrected chi connectivity index (χ4v) is 1.88. The molecule has 106 valence electrons. The molecule has 0 aromatic heterocycles. The Kier molecular flexibility index (Phi) is 3.94. The SMILES string of the molecule is CN(C(=O)c1c(F)cc(F)cc1F)c1ccccc1C#N. The van der Waals surface area contributed by atoms with Crippen molar-refractivity contribution in [3.63, 3.8) is 0 Å². The summed E-state index contributed by atoms with van der Waals surface area (Å²) in [6, 6.07) is 8.86. The van der Waals surface area contributed by atoms with Crippen molar-refractivity contribution in [1.29, 1.82) is 5.26 Å². The zero-order chi connectivity index (χ0) is 15.6. The van der Waals surface area contributed by atoms with Crippen molar-refractivity contribution >= 4 is 11.6 Å². The van der Waals surface area contributed by atoms with Crippen LogP contribution in [-0.4, -0.2) is 13.0 Å². The lowest BCUT2D eigenvalue weighted by molar-refractivity contribution is 0.0984. The predicted molar refractivity (Wildman–Crippen MR) is 70.2 cm³/mol. The van der Waals surface area contributed by atoms with Gasteiger partial charge in [-0.05, 0) is 12.1 Å². The fourth-order valence-electron chi connectivity index (χ4n) is 1.88. The molecule has 6 heteroatoms. The van der Waals surface area contributed by atoms with E-state index in [1.54, 1.807) is 12.1 Å². The molecule has 0 radical (unpaired) electrons. The lowest BCUT2D eigenvalue weighted by atomic mass is 10.1. The van der Waals surface area contributed by atoms with Crippen molar-refractivity contribution in [2.24, 2.45) is 0 Å². The highest BCUT2D eigenvalue weighted by molar-refractivity contribution is 6.06. The molecule has 0 heterocycles. The molecule has 21 heavy (non-hydrogen) atoms. The van der Waals surface area contributed by atoms with Gasteiger partial charge in [0.05, 0.1) is 11.3 Å². The molecule has 0 aliphatic rings. The number of nitrogens with zero attached hydrogens (tertiary/aromatic N) is 2. The number of hydrogen-bond donors (Lipinski definition) is 0. The third kappa shape index (κ3) is 2.72. The number of carbonyl (C=O) groups excluding carboxylic acids is 1. The predicted octanol–water partition coefficient (Wildman–Crippen LogP) is 3.25. The summed E-state index contributed by atoms with van der Waals surface area (Å²) in [5.74, 6) is -4.70. The Morgan fingerprint density at radius 3 is 2.29 bits per heavy atom.